The fourth-order valence-corrected chi connectivity index (χ4v) is 2.17. The van der Waals surface area contributed by atoms with E-state index >= 15 is 0 Å². The zero-order valence-corrected chi connectivity index (χ0v) is 9.19. The molecule has 4 heteroatoms. The van der Waals surface area contributed by atoms with E-state index in [-0.39, 0.29) is 12.1 Å². The van der Waals surface area contributed by atoms with Crippen LogP contribution in [0.15, 0.2) is 0 Å². The lowest BCUT2D eigenvalue weighted by Crippen LogP contribution is -2.43. The van der Waals surface area contributed by atoms with Gasteiger partial charge in [0.25, 0.3) is 0 Å². The highest BCUT2D eigenvalue weighted by atomic mass is 32.2. The minimum atomic E-state index is 0.0949. The predicted molar refractivity (Wildman–Crippen MR) is 57.2 cm³/mol. The molecule has 1 N–H and O–H groups in total. The molecule has 0 bridgehead atoms. The summed E-state index contributed by atoms with van der Waals surface area (Å²) in [5, 5.41) is 2.92. The largest absolute Gasteiger partial charge is 0.336 e. The third-order valence-corrected chi connectivity index (χ3v) is 2.97. The Morgan fingerprint density at radius 3 is 2.85 bits per heavy atom. The fourth-order valence-electron chi connectivity index (χ4n) is 1.29. The average Bonchev–Trinajstić information content (AvgIpc) is 2.29. The number of nitrogens with zero attached hydrogens (tertiary/aromatic N) is 1. The number of rotatable bonds is 1. The van der Waals surface area contributed by atoms with E-state index in [2.05, 4.69) is 5.32 Å². The van der Waals surface area contributed by atoms with Crippen LogP contribution in [0.2, 0.25) is 0 Å². The summed E-state index contributed by atoms with van der Waals surface area (Å²) in [5.41, 5.74) is 0. The zero-order chi connectivity index (χ0) is 9.68. The van der Waals surface area contributed by atoms with Crippen molar-refractivity contribution in [1.29, 1.82) is 0 Å². The molecule has 1 aliphatic rings. The van der Waals surface area contributed by atoms with Crippen LogP contribution < -0.4 is 5.32 Å². The summed E-state index contributed by atoms with van der Waals surface area (Å²) in [6, 6.07) is 0.334. The van der Waals surface area contributed by atoms with Crippen LogP contribution >= 0.6 is 11.8 Å². The van der Waals surface area contributed by atoms with Gasteiger partial charge >= 0.3 is 6.03 Å². The molecule has 0 saturated carbocycles. The van der Waals surface area contributed by atoms with Crippen molar-refractivity contribution in [1.82, 2.24) is 10.2 Å². The van der Waals surface area contributed by atoms with Gasteiger partial charge in [0.15, 0.2) is 0 Å². The second kappa shape index (κ2) is 5.37. The normalized spacial score (nSPS) is 18.5. The molecule has 0 aromatic rings. The van der Waals surface area contributed by atoms with Gasteiger partial charge in [0.1, 0.15) is 0 Å². The molecular formula is C9H18N2OS. The summed E-state index contributed by atoms with van der Waals surface area (Å²) >= 11 is 1.93. The quantitative estimate of drug-likeness (QED) is 0.699. The van der Waals surface area contributed by atoms with Gasteiger partial charge in [0, 0.05) is 24.9 Å². The summed E-state index contributed by atoms with van der Waals surface area (Å²) < 4.78 is 0. The van der Waals surface area contributed by atoms with E-state index < -0.39 is 0 Å². The SMILES string of the molecule is CC(C)NC(=O)N1CCCSCC1. The second-order valence-corrected chi connectivity index (χ2v) is 4.78. The Bertz CT molecular complexity index is 165. The smallest absolute Gasteiger partial charge is 0.317 e. The minimum Gasteiger partial charge on any atom is -0.336 e. The molecule has 0 aromatic heterocycles. The summed E-state index contributed by atoms with van der Waals surface area (Å²) in [6.07, 6.45) is 1.12. The minimum absolute atomic E-state index is 0.0949. The number of urea groups is 1. The Labute approximate surface area is 84.2 Å². The van der Waals surface area contributed by atoms with Crippen LogP contribution in [0.3, 0.4) is 0 Å². The molecule has 1 saturated heterocycles. The van der Waals surface area contributed by atoms with Crippen molar-refractivity contribution in [2.75, 3.05) is 24.6 Å². The lowest BCUT2D eigenvalue weighted by Gasteiger charge is -2.21. The molecule has 1 rings (SSSR count). The van der Waals surface area contributed by atoms with Crippen LogP contribution in [-0.2, 0) is 0 Å². The Morgan fingerprint density at radius 2 is 2.15 bits per heavy atom. The van der Waals surface area contributed by atoms with E-state index in [1.807, 2.05) is 30.5 Å². The van der Waals surface area contributed by atoms with E-state index in [0.29, 0.717) is 0 Å². The molecule has 0 atom stereocenters. The topological polar surface area (TPSA) is 32.3 Å². The maximum atomic E-state index is 11.6. The van der Waals surface area contributed by atoms with Gasteiger partial charge in [-0.25, -0.2) is 4.79 Å². The predicted octanol–water partition coefficient (Wildman–Crippen LogP) is 1.54. The zero-order valence-electron chi connectivity index (χ0n) is 8.38. The molecule has 13 heavy (non-hydrogen) atoms. The fraction of sp³-hybridized carbons (Fsp3) is 0.889. The van der Waals surface area contributed by atoms with Crippen LogP contribution in [0.4, 0.5) is 4.79 Å². The molecule has 0 unspecified atom stereocenters. The van der Waals surface area contributed by atoms with Crippen molar-refractivity contribution in [2.24, 2.45) is 0 Å². The maximum Gasteiger partial charge on any atom is 0.317 e. The number of thioether (sulfide) groups is 1. The van der Waals surface area contributed by atoms with Crippen molar-refractivity contribution in [3.05, 3.63) is 0 Å². The standard InChI is InChI=1S/C9H18N2OS/c1-8(2)10-9(12)11-4-3-6-13-7-5-11/h8H,3-7H2,1-2H3,(H,10,12). The van der Waals surface area contributed by atoms with E-state index in [1.54, 1.807) is 0 Å². The monoisotopic (exact) mass is 202 g/mol. The first-order valence-corrected chi connectivity index (χ1v) is 5.99. The van der Waals surface area contributed by atoms with Gasteiger partial charge in [-0.15, -0.1) is 0 Å². The van der Waals surface area contributed by atoms with Gasteiger partial charge in [-0.1, -0.05) is 0 Å². The Hall–Kier alpha value is -0.380. The van der Waals surface area contributed by atoms with Gasteiger partial charge in [-0.05, 0) is 26.0 Å². The van der Waals surface area contributed by atoms with E-state index in [4.69, 9.17) is 0 Å². The summed E-state index contributed by atoms with van der Waals surface area (Å²) in [5.74, 6) is 2.26. The highest BCUT2D eigenvalue weighted by Gasteiger charge is 2.15. The summed E-state index contributed by atoms with van der Waals surface area (Å²) in [4.78, 5) is 13.5. The van der Waals surface area contributed by atoms with E-state index in [9.17, 15) is 4.79 Å². The Kier molecular flexibility index (Phi) is 4.42. The van der Waals surface area contributed by atoms with Crippen LogP contribution in [0.5, 0.6) is 0 Å². The number of carbonyl (C=O) groups excluding carboxylic acids is 1. The van der Waals surface area contributed by atoms with Gasteiger partial charge in [0.05, 0.1) is 0 Å². The highest BCUT2D eigenvalue weighted by Crippen LogP contribution is 2.09. The van der Waals surface area contributed by atoms with Crippen molar-refractivity contribution in [3.63, 3.8) is 0 Å². The molecule has 1 aliphatic heterocycles. The first-order valence-electron chi connectivity index (χ1n) is 4.83. The molecule has 76 valence electrons. The van der Waals surface area contributed by atoms with Gasteiger partial charge in [-0.3, -0.25) is 0 Å². The second-order valence-electron chi connectivity index (χ2n) is 3.56. The number of amides is 2. The molecule has 0 spiro atoms. The Balaban J connectivity index is 2.35. The third-order valence-electron chi connectivity index (χ3n) is 1.92. The Morgan fingerprint density at radius 1 is 1.38 bits per heavy atom. The molecule has 1 fully saturated rings. The lowest BCUT2D eigenvalue weighted by atomic mass is 10.4. The van der Waals surface area contributed by atoms with E-state index in [0.717, 1.165) is 25.3 Å². The number of hydrogen-bond donors (Lipinski definition) is 1. The van der Waals surface area contributed by atoms with Crippen LogP contribution in [0.1, 0.15) is 20.3 Å². The molecular weight excluding hydrogens is 184 g/mol. The first kappa shape index (κ1) is 10.7. The molecule has 1 heterocycles. The maximum absolute atomic E-state index is 11.6. The van der Waals surface area contributed by atoms with Crippen molar-refractivity contribution in [2.45, 2.75) is 26.3 Å². The van der Waals surface area contributed by atoms with Gasteiger partial charge in [0.2, 0.25) is 0 Å². The number of nitrogens with one attached hydrogen (secondary N) is 1. The third kappa shape index (κ3) is 3.89. The van der Waals surface area contributed by atoms with Crippen molar-refractivity contribution >= 4 is 17.8 Å². The highest BCUT2D eigenvalue weighted by molar-refractivity contribution is 7.99. The average molecular weight is 202 g/mol. The van der Waals surface area contributed by atoms with Crippen LogP contribution in [-0.4, -0.2) is 41.6 Å². The number of carbonyl (C=O) groups is 1. The number of hydrogen-bond acceptors (Lipinski definition) is 2. The molecule has 0 aromatic carbocycles. The van der Waals surface area contributed by atoms with Crippen LogP contribution in [0.25, 0.3) is 0 Å². The van der Waals surface area contributed by atoms with Crippen LogP contribution in [0, 0.1) is 0 Å². The first-order chi connectivity index (χ1) is 6.20. The van der Waals surface area contributed by atoms with Gasteiger partial charge < -0.3 is 10.2 Å². The van der Waals surface area contributed by atoms with Gasteiger partial charge in [-0.2, -0.15) is 11.8 Å². The van der Waals surface area contributed by atoms with Crippen molar-refractivity contribution in [3.8, 4) is 0 Å². The molecule has 0 aliphatic carbocycles. The summed E-state index contributed by atoms with van der Waals surface area (Å²) in [7, 11) is 0. The molecule has 2 amide bonds. The molecule has 3 nitrogen and oxygen atoms in total. The molecule has 0 radical (unpaired) electrons. The lowest BCUT2D eigenvalue weighted by molar-refractivity contribution is 0.199. The van der Waals surface area contributed by atoms with E-state index in [1.165, 1.54) is 5.75 Å². The van der Waals surface area contributed by atoms with Crippen molar-refractivity contribution < 1.29 is 4.79 Å². The summed E-state index contributed by atoms with van der Waals surface area (Å²) in [6.45, 7) is 5.78.